The van der Waals surface area contributed by atoms with Gasteiger partial charge in [0.15, 0.2) is 0 Å². The molecule has 0 radical (unpaired) electrons. The molecule has 1 amide bonds. The smallest absolute Gasteiger partial charge is 0.290 e. The molecule has 2 aromatic heterocycles. The molecule has 0 fully saturated rings. The lowest BCUT2D eigenvalue weighted by atomic mass is 10.2. The molecule has 0 aliphatic heterocycles. The van der Waals surface area contributed by atoms with Crippen LogP contribution in [0.2, 0.25) is 0 Å². The number of para-hydroxylation sites is 1. The van der Waals surface area contributed by atoms with Crippen LogP contribution >= 0.6 is 0 Å². The van der Waals surface area contributed by atoms with Crippen LogP contribution in [0.5, 0.6) is 5.75 Å². The summed E-state index contributed by atoms with van der Waals surface area (Å²) in [5, 5.41) is 4.03. The van der Waals surface area contributed by atoms with Gasteiger partial charge in [-0.3, -0.25) is 9.20 Å². The van der Waals surface area contributed by atoms with Crippen molar-refractivity contribution < 1.29 is 9.53 Å². The summed E-state index contributed by atoms with van der Waals surface area (Å²) in [5.41, 5.74) is 6.25. The minimum Gasteiger partial charge on any atom is -0.496 e. The molecule has 3 rings (SSSR count). The van der Waals surface area contributed by atoms with Crippen LogP contribution in [0, 0.1) is 13.8 Å². The summed E-state index contributed by atoms with van der Waals surface area (Å²) < 4.78 is 7.02. The van der Waals surface area contributed by atoms with Crippen LogP contribution in [0.3, 0.4) is 0 Å². The second-order valence-electron chi connectivity index (χ2n) is 5.42. The van der Waals surface area contributed by atoms with Crippen molar-refractivity contribution in [1.82, 2.24) is 14.8 Å². The van der Waals surface area contributed by atoms with Crippen LogP contribution in [0.15, 0.2) is 47.7 Å². The van der Waals surface area contributed by atoms with Gasteiger partial charge >= 0.3 is 0 Å². The first-order valence-electron chi connectivity index (χ1n) is 7.52. The molecule has 1 N–H and O–H groups in total. The molecule has 24 heavy (non-hydrogen) atoms. The summed E-state index contributed by atoms with van der Waals surface area (Å²) >= 11 is 0. The molecule has 6 nitrogen and oxygen atoms in total. The molecule has 0 unspecified atom stereocenters. The number of hydrazone groups is 1. The Kier molecular flexibility index (Phi) is 4.29. The molecule has 6 heteroatoms. The summed E-state index contributed by atoms with van der Waals surface area (Å²) in [5.74, 6) is 0.383. The number of imidazole rings is 1. The zero-order chi connectivity index (χ0) is 17.1. The van der Waals surface area contributed by atoms with E-state index in [2.05, 4.69) is 15.5 Å². The second-order valence-corrected chi connectivity index (χ2v) is 5.42. The normalized spacial score (nSPS) is 11.1. The van der Waals surface area contributed by atoms with Crippen LogP contribution in [-0.4, -0.2) is 28.6 Å². The number of pyridine rings is 1. The highest BCUT2D eigenvalue weighted by atomic mass is 16.5. The maximum Gasteiger partial charge on any atom is 0.290 e. The van der Waals surface area contributed by atoms with Crippen LogP contribution in [0.25, 0.3) is 5.65 Å². The first-order valence-corrected chi connectivity index (χ1v) is 7.52. The number of hydrogen-bond donors (Lipinski definition) is 1. The summed E-state index contributed by atoms with van der Waals surface area (Å²) in [6.45, 7) is 3.78. The minimum absolute atomic E-state index is 0.309. The third kappa shape index (κ3) is 2.99. The standard InChI is InChI=1S/C18H18N4O2/c1-12-8-9-16-20-13(2)17(22(16)11-12)18(23)21-19-10-14-6-4-5-7-15(14)24-3/h4-11H,1-3H3,(H,21,23)/b19-10+. The van der Waals surface area contributed by atoms with E-state index >= 15 is 0 Å². The molecule has 1 aromatic carbocycles. The van der Waals surface area contributed by atoms with Crippen molar-refractivity contribution in [3.63, 3.8) is 0 Å². The van der Waals surface area contributed by atoms with Gasteiger partial charge in [-0.15, -0.1) is 0 Å². The van der Waals surface area contributed by atoms with Crippen molar-refractivity contribution >= 4 is 17.8 Å². The van der Waals surface area contributed by atoms with E-state index in [-0.39, 0.29) is 5.91 Å². The zero-order valence-electron chi connectivity index (χ0n) is 13.8. The lowest BCUT2D eigenvalue weighted by Gasteiger charge is -2.04. The molecule has 0 saturated carbocycles. The van der Waals surface area contributed by atoms with Crippen LogP contribution < -0.4 is 10.2 Å². The van der Waals surface area contributed by atoms with Gasteiger partial charge in [0.25, 0.3) is 5.91 Å². The Hall–Kier alpha value is -3.15. The first-order chi connectivity index (χ1) is 11.6. The Labute approximate surface area is 139 Å². The lowest BCUT2D eigenvalue weighted by Crippen LogP contribution is -2.20. The molecular weight excluding hydrogens is 304 g/mol. The van der Waals surface area contributed by atoms with Gasteiger partial charge in [0.1, 0.15) is 17.1 Å². The second kappa shape index (κ2) is 6.54. The lowest BCUT2D eigenvalue weighted by molar-refractivity contribution is 0.0948. The molecule has 3 aromatic rings. The molecule has 0 atom stereocenters. The zero-order valence-corrected chi connectivity index (χ0v) is 13.8. The fourth-order valence-corrected chi connectivity index (χ4v) is 2.53. The van der Waals surface area contributed by atoms with Gasteiger partial charge in [-0.25, -0.2) is 10.4 Å². The number of hydrogen-bond acceptors (Lipinski definition) is 4. The van der Waals surface area contributed by atoms with Gasteiger partial charge in [0, 0.05) is 11.8 Å². The van der Waals surface area contributed by atoms with Crippen molar-refractivity contribution in [2.75, 3.05) is 7.11 Å². The molecule has 0 aliphatic carbocycles. The molecular formula is C18H18N4O2. The highest BCUT2D eigenvalue weighted by molar-refractivity contribution is 5.95. The van der Waals surface area contributed by atoms with Crippen LogP contribution in [0.4, 0.5) is 0 Å². The molecule has 0 aliphatic rings. The van der Waals surface area contributed by atoms with E-state index in [1.165, 1.54) is 0 Å². The van der Waals surface area contributed by atoms with E-state index in [1.807, 2.05) is 49.5 Å². The van der Waals surface area contributed by atoms with Crippen molar-refractivity contribution in [1.29, 1.82) is 0 Å². The number of nitrogens with zero attached hydrogens (tertiary/aromatic N) is 3. The van der Waals surface area contributed by atoms with Crippen LogP contribution in [0.1, 0.15) is 27.3 Å². The predicted octanol–water partition coefficient (Wildman–Crippen LogP) is 2.72. The Balaban J connectivity index is 1.84. The number of aromatic nitrogens is 2. The number of carbonyl (C=O) groups is 1. The van der Waals surface area contributed by atoms with Crippen molar-refractivity contribution in [2.24, 2.45) is 5.10 Å². The topological polar surface area (TPSA) is 68.0 Å². The first kappa shape index (κ1) is 15.7. The van der Waals surface area contributed by atoms with Gasteiger partial charge in [-0.1, -0.05) is 18.2 Å². The van der Waals surface area contributed by atoms with E-state index in [4.69, 9.17) is 4.74 Å². The predicted molar refractivity (Wildman–Crippen MR) is 92.7 cm³/mol. The van der Waals surface area contributed by atoms with E-state index in [9.17, 15) is 4.79 Å². The van der Waals surface area contributed by atoms with Crippen LogP contribution in [-0.2, 0) is 0 Å². The average Bonchev–Trinajstić information content (AvgIpc) is 2.90. The average molecular weight is 322 g/mol. The largest absolute Gasteiger partial charge is 0.496 e. The number of rotatable bonds is 4. The Bertz CT molecular complexity index is 928. The SMILES string of the molecule is COc1ccccc1/C=N/NC(=O)c1c(C)nc2ccc(C)cn12. The number of nitrogens with one attached hydrogen (secondary N) is 1. The monoisotopic (exact) mass is 322 g/mol. The van der Waals surface area contributed by atoms with E-state index in [1.54, 1.807) is 24.6 Å². The van der Waals surface area contributed by atoms with Crippen molar-refractivity contribution in [2.45, 2.75) is 13.8 Å². The molecule has 2 heterocycles. The van der Waals surface area contributed by atoms with E-state index < -0.39 is 0 Å². The van der Waals surface area contributed by atoms with Gasteiger partial charge in [-0.05, 0) is 37.6 Å². The number of ether oxygens (including phenoxy) is 1. The quantitative estimate of drug-likeness (QED) is 0.593. The number of fused-ring (bicyclic) bond motifs is 1. The molecule has 0 bridgehead atoms. The highest BCUT2D eigenvalue weighted by Gasteiger charge is 2.16. The molecule has 122 valence electrons. The highest BCUT2D eigenvalue weighted by Crippen LogP contribution is 2.15. The number of amides is 1. The van der Waals surface area contributed by atoms with Gasteiger partial charge in [0.2, 0.25) is 0 Å². The van der Waals surface area contributed by atoms with E-state index in [0.717, 1.165) is 16.8 Å². The number of benzene rings is 1. The maximum absolute atomic E-state index is 12.5. The molecule has 0 spiro atoms. The maximum atomic E-state index is 12.5. The fourth-order valence-electron chi connectivity index (χ4n) is 2.53. The summed E-state index contributed by atoms with van der Waals surface area (Å²) in [6.07, 6.45) is 3.44. The molecule has 0 saturated heterocycles. The third-order valence-electron chi connectivity index (χ3n) is 3.66. The Morgan fingerprint density at radius 2 is 2.04 bits per heavy atom. The van der Waals surface area contributed by atoms with Gasteiger partial charge in [0.05, 0.1) is 19.0 Å². The fraction of sp³-hybridized carbons (Fsp3) is 0.167. The summed E-state index contributed by atoms with van der Waals surface area (Å²) in [4.78, 5) is 16.9. The minimum atomic E-state index is -0.309. The number of carbonyl (C=O) groups excluding carboxylic acids is 1. The third-order valence-corrected chi connectivity index (χ3v) is 3.66. The van der Waals surface area contributed by atoms with Crippen molar-refractivity contribution in [3.05, 3.63) is 65.1 Å². The van der Waals surface area contributed by atoms with Gasteiger partial charge < -0.3 is 4.74 Å². The van der Waals surface area contributed by atoms with E-state index in [0.29, 0.717) is 17.1 Å². The summed E-state index contributed by atoms with van der Waals surface area (Å²) in [7, 11) is 1.59. The number of methoxy groups -OCH3 is 1. The van der Waals surface area contributed by atoms with Gasteiger partial charge in [-0.2, -0.15) is 5.10 Å². The Morgan fingerprint density at radius 1 is 1.25 bits per heavy atom. The Morgan fingerprint density at radius 3 is 2.83 bits per heavy atom. The summed E-state index contributed by atoms with van der Waals surface area (Å²) in [6, 6.07) is 11.3. The van der Waals surface area contributed by atoms with Crippen molar-refractivity contribution in [3.8, 4) is 5.75 Å². The number of aryl methyl sites for hydroxylation is 2.